The third-order valence-corrected chi connectivity index (χ3v) is 1.20. The minimum atomic E-state index is -0.158. The number of hydrogen-bond donors (Lipinski definition) is 0. The molecule has 0 aliphatic heterocycles. The zero-order valence-electron chi connectivity index (χ0n) is 5.33. The Morgan fingerprint density at radius 3 is 2.50 bits per heavy atom. The first-order valence-corrected chi connectivity index (χ1v) is 2.84. The average molecular weight is 134 g/mol. The van der Waals surface area contributed by atoms with Gasteiger partial charge in [-0.25, -0.2) is 0 Å². The molecular formula is C8H6O2. The lowest BCUT2D eigenvalue weighted by molar-refractivity contribution is -0.114. The van der Waals surface area contributed by atoms with Crippen LogP contribution in [0.3, 0.4) is 0 Å². The molecule has 50 valence electrons. The molecular weight excluding hydrogens is 128 g/mol. The molecule has 0 unspecified atom stereocenters. The molecule has 0 saturated carbocycles. The van der Waals surface area contributed by atoms with Crippen LogP contribution in [0.1, 0.15) is 0 Å². The molecule has 0 saturated heterocycles. The Labute approximate surface area is 58.5 Å². The van der Waals surface area contributed by atoms with E-state index in [0.717, 1.165) is 0 Å². The van der Waals surface area contributed by atoms with Crippen LogP contribution in [-0.4, -0.2) is 11.6 Å². The van der Waals surface area contributed by atoms with Crippen molar-refractivity contribution in [3.05, 3.63) is 36.5 Å². The minimum Gasteiger partial charge on any atom is -0.290 e. The highest BCUT2D eigenvalue weighted by molar-refractivity contribution is 6.18. The summed E-state index contributed by atoms with van der Waals surface area (Å²) >= 11 is 0. The largest absolute Gasteiger partial charge is 0.290 e. The molecule has 1 aliphatic carbocycles. The van der Waals surface area contributed by atoms with Crippen LogP contribution in [-0.2, 0) is 9.59 Å². The van der Waals surface area contributed by atoms with Crippen LogP contribution in [0.4, 0.5) is 0 Å². The molecule has 2 heteroatoms. The second-order valence-electron chi connectivity index (χ2n) is 1.90. The third kappa shape index (κ3) is 1.10. The first kappa shape index (κ1) is 6.68. The molecule has 1 rings (SSSR count). The van der Waals surface area contributed by atoms with Gasteiger partial charge in [0.25, 0.3) is 0 Å². The van der Waals surface area contributed by atoms with Crippen molar-refractivity contribution in [3.8, 4) is 0 Å². The predicted molar refractivity (Wildman–Crippen MR) is 37.4 cm³/mol. The van der Waals surface area contributed by atoms with Gasteiger partial charge in [0.15, 0.2) is 11.6 Å². The molecule has 0 aromatic heterocycles. The molecule has 0 N–H and O–H groups in total. The Balaban J connectivity index is 3.00. The molecule has 0 heterocycles. The zero-order chi connectivity index (χ0) is 7.56. The quantitative estimate of drug-likeness (QED) is 0.497. The van der Waals surface area contributed by atoms with Crippen LogP contribution in [0.2, 0.25) is 0 Å². The lowest BCUT2D eigenvalue weighted by Gasteiger charge is -1.98. The van der Waals surface area contributed by atoms with Gasteiger partial charge in [0.1, 0.15) is 0 Å². The lowest BCUT2D eigenvalue weighted by atomic mass is 10.0. The van der Waals surface area contributed by atoms with Crippen molar-refractivity contribution in [2.24, 2.45) is 0 Å². The number of hydrogen-bond acceptors (Lipinski definition) is 2. The first-order chi connectivity index (χ1) is 4.74. The van der Waals surface area contributed by atoms with Gasteiger partial charge >= 0.3 is 0 Å². The molecule has 1 aliphatic rings. The molecule has 0 spiro atoms. The molecule has 0 aromatic rings. The van der Waals surface area contributed by atoms with Gasteiger partial charge < -0.3 is 0 Å². The van der Waals surface area contributed by atoms with Gasteiger partial charge in [-0.1, -0.05) is 12.7 Å². The molecule has 2 nitrogen and oxygen atoms in total. The number of carbonyl (C=O) groups excluding carboxylic acids is 2. The van der Waals surface area contributed by atoms with Crippen LogP contribution in [0.25, 0.3) is 0 Å². The van der Waals surface area contributed by atoms with Crippen LogP contribution < -0.4 is 0 Å². The maximum absolute atomic E-state index is 10.8. The molecule has 0 fully saturated rings. The standard InChI is InChI=1S/C8H6O2/c1-2-6-5-7(9)3-4-8(6)10/h2-5H,1H2. The Morgan fingerprint density at radius 2 is 2.00 bits per heavy atom. The molecule has 0 amide bonds. The van der Waals surface area contributed by atoms with Gasteiger partial charge in [0.05, 0.1) is 0 Å². The topological polar surface area (TPSA) is 34.1 Å². The minimum absolute atomic E-state index is 0.158. The molecule has 0 atom stereocenters. The van der Waals surface area contributed by atoms with Gasteiger partial charge in [0.2, 0.25) is 0 Å². The summed E-state index contributed by atoms with van der Waals surface area (Å²) in [6, 6.07) is 0. The van der Waals surface area contributed by atoms with E-state index in [1.54, 1.807) is 0 Å². The predicted octanol–water partition coefficient (Wildman–Crippen LogP) is 0.807. The van der Waals surface area contributed by atoms with E-state index in [1.165, 1.54) is 24.3 Å². The maximum Gasteiger partial charge on any atom is 0.186 e. The van der Waals surface area contributed by atoms with E-state index < -0.39 is 0 Å². The molecule has 0 aromatic carbocycles. The summed E-state index contributed by atoms with van der Waals surface area (Å²) in [6.45, 7) is 3.39. The fourth-order valence-electron chi connectivity index (χ4n) is 0.686. The monoisotopic (exact) mass is 134 g/mol. The second-order valence-corrected chi connectivity index (χ2v) is 1.90. The Hall–Kier alpha value is -1.44. The Kier molecular flexibility index (Phi) is 1.63. The highest BCUT2D eigenvalue weighted by Gasteiger charge is 2.08. The van der Waals surface area contributed by atoms with E-state index in [-0.39, 0.29) is 11.6 Å². The van der Waals surface area contributed by atoms with E-state index in [1.807, 2.05) is 0 Å². The maximum atomic E-state index is 10.8. The average Bonchev–Trinajstić information content (AvgIpc) is 1.94. The smallest absolute Gasteiger partial charge is 0.186 e. The van der Waals surface area contributed by atoms with Crippen molar-refractivity contribution in [2.45, 2.75) is 0 Å². The highest BCUT2D eigenvalue weighted by atomic mass is 16.1. The lowest BCUT2D eigenvalue weighted by Crippen LogP contribution is -2.04. The summed E-state index contributed by atoms with van der Waals surface area (Å²) in [5, 5.41) is 0. The summed E-state index contributed by atoms with van der Waals surface area (Å²) in [4.78, 5) is 21.4. The van der Waals surface area contributed by atoms with Crippen molar-refractivity contribution >= 4 is 11.6 Å². The number of carbonyl (C=O) groups is 2. The summed E-state index contributed by atoms with van der Waals surface area (Å²) in [7, 11) is 0. The van der Waals surface area contributed by atoms with Gasteiger partial charge in [-0.2, -0.15) is 0 Å². The molecule has 0 bridgehead atoms. The SMILES string of the molecule is C=CC1=CC(=O)C=CC1=O. The van der Waals surface area contributed by atoms with Crippen LogP contribution in [0.15, 0.2) is 36.5 Å². The number of rotatable bonds is 1. The highest BCUT2D eigenvalue weighted by Crippen LogP contribution is 2.04. The van der Waals surface area contributed by atoms with E-state index >= 15 is 0 Å². The Morgan fingerprint density at radius 1 is 1.30 bits per heavy atom. The van der Waals surface area contributed by atoms with Gasteiger partial charge in [-0.3, -0.25) is 9.59 Å². The fraction of sp³-hybridized carbons (Fsp3) is 0. The number of ketones is 2. The summed E-state index contributed by atoms with van der Waals surface area (Å²) in [5.41, 5.74) is 0.368. The van der Waals surface area contributed by atoms with Gasteiger partial charge in [-0.15, -0.1) is 0 Å². The molecule has 0 radical (unpaired) electrons. The van der Waals surface area contributed by atoms with Gasteiger partial charge in [0, 0.05) is 5.57 Å². The summed E-state index contributed by atoms with van der Waals surface area (Å²) in [6.07, 6.45) is 5.15. The third-order valence-electron chi connectivity index (χ3n) is 1.20. The van der Waals surface area contributed by atoms with Crippen molar-refractivity contribution in [1.82, 2.24) is 0 Å². The van der Waals surface area contributed by atoms with Crippen LogP contribution in [0.5, 0.6) is 0 Å². The van der Waals surface area contributed by atoms with Crippen molar-refractivity contribution in [1.29, 1.82) is 0 Å². The Bertz CT molecular complexity index is 256. The zero-order valence-corrected chi connectivity index (χ0v) is 5.33. The van der Waals surface area contributed by atoms with E-state index in [2.05, 4.69) is 6.58 Å². The van der Waals surface area contributed by atoms with E-state index in [4.69, 9.17) is 0 Å². The fourth-order valence-corrected chi connectivity index (χ4v) is 0.686. The van der Waals surface area contributed by atoms with Gasteiger partial charge in [-0.05, 0) is 18.2 Å². The van der Waals surface area contributed by atoms with E-state index in [0.29, 0.717) is 5.57 Å². The van der Waals surface area contributed by atoms with Crippen molar-refractivity contribution in [3.63, 3.8) is 0 Å². The first-order valence-electron chi connectivity index (χ1n) is 2.84. The van der Waals surface area contributed by atoms with E-state index in [9.17, 15) is 9.59 Å². The summed E-state index contributed by atoms with van der Waals surface area (Å²) < 4.78 is 0. The van der Waals surface area contributed by atoms with Crippen molar-refractivity contribution < 1.29 is 9.59 Å². The second kappa shape index (κ2) is 2.43. The number of allylic oxidation sites excluding steroid dienone is 5. The van der Waals surface area contributed by atoms with Crippen molar-refractivity contribution in [2.75, 3.05) is 0 Å². The van der Waals surface area contributed by atoms with Crippen LogP contribution >= 0.6 is 0 Å². The normalized spacial score (nSPS) is 17.0. The molecule has 10 heavy (non-hydrogen) atoms. The summed E-state index contributed by atoms with van der Waals surface area (Å²) in [5.74, 6) is -0.316. The van der Waals surface area contributed by atoms with Crippen LogP contribution in [0, 0.1) is 0 Å².